The number of aryl methyl sites for hydroxylation is 1. The quantitative estimate of drug-likeness (QED) is 0.820. The number of hydrogen-bond acceptors (Lipinski definition) is 1. The summed E-state index contributed by atoms with van der Waals surface area (Å²) in [6, 6.07) is 10.4. The van der Waals surface area contributed by atoms with E-state index in [1.807, 2.05) is 25.1 Å². The number of hydrogen-bond donors (Lipinski definition) is 1. The largest absolute Gasteiger partial charge is 0.380 e. The second-order valence-corrected chi connectivity index (χ2v) is 5.33. The third-order valence-electron chi connectivity index (χ3n) is 2.60. The first-order chi connectivity index (χ1) is 8.56. The number of nitrogens with one attached hydrogen (secondary N) is 1. The highest BCUT2D eigenvalue weighted by Crippen LogP contribution is 2.25. The van der Waals surface area contributed by atoms with Crippen molar-refractivity contribution >= 4 is 33.2 Å². The topological polar surface area (TPSA) is 12.0 Å². The first kappa shape index (κ1) is 13.4. The highest BCUT2D eigenvalue weighted by Gasteiger charge is 2.04. The molecule has 2 aromatic carbocycles. The van der Waals surface area contributed by atoms with Crippen LogP contribution in [0.5, 0.6) is 0 Å². The molecule has 4 heteroatoms. The Balaban J connectivity index is 2.13. The third kappa shape index (κ3) is 3.24. The molecule has 0 unspecified atom stereocenters. The van der Waals surface area contributed by atoms with Gasteiger partial charge in [0, 0.05) is 11.0 Å². The van der Waals surface area contributed by atoms with Gasteiger partial charge in [-0.2, -0.15) is 0 Å². The van der Waals surface area contributed by atoms with E-state index in [2.05, 4.69) is 21.2 Å². The smallest absolute Gasteiger partial charge is 0.123 e. The van der Waals surface area contributed by atoms with Gasteiger partial charge in [0.05, 0.1) is 10.7 Å². The van der Waals surface area contributed by atoms with Crippen molar-refractivity contribution in [2.45, 2.75) is 13.5 Å². The molecule has 18 heavy (non-hydrogen) atoms. The molecular weight excluding hydrogens is 317 g/mol. The first-order valence-corrected chi connectivity index (χ1v) is 6.67. The highest BCUT2D eigenvalue weighted by molar-refractivity contribution is 9.10. The van der Waals surface area contributed by atoms with Gasteiger partial charge >= 0.3 is 0 Å². The van der Waals surface area contributed by atoms with Crippen molar-refractivity contribution < 1.29 is 4.39 Å². The minimum Gasteiger partial charge on any atom is -0.380 e. The Morgan fingerprint density at radius 1 is 1.22 bits per heavy atom. The standard InChI is InChI=1S/C14H12BrClFN/c1-9-2-5-14(13(16)6-9)18-8-10-7-11(17)3-4-12(10)15/h2-7,18H,8H2,1H3. The SMILES string of the molecule is Cc1ccc(NCc2cc(F)ccc2Br)c(Cl)c1. The molecule has 0 atom stereocenters. The summed E-state index contributed by atoms with van der Waals surface area (Å²) in [5.41, 5.74) is 2.81. The summed E-state index contributed by atoms with van der Waals surface area (Å²) in [6.45, 7) is 2.50. The van der Waals surface area contributed by atoms with E-state index in [0.717, 1.165) is 21.3 Å². The van der Waals surface area contributed by atoms with Crippen molar-refractivity contribution in [2.75, 3.05) is 5.32 Å². The molecule has 2 rings (SSSR count). The molecule has 0 fully saturated rings. The van der Waals surface area contributed by atoms with Crippen LogP contribution in [0.25, 0.3) is 0 Å². The van der Waals surface area contributed by atoms with E-state index >= 15 is 0 Å². The minimum absolute atomic E-state index is 0.245. The Hall–Kier alpha value is -1.06. The Morgan fingerprint density at radius 2 is 2.00 bits per heavy atom. The summed E-state index contributed by atoms with van der Waals surface area (Å²) in [5, 5.41) is 3.86. The van der Waals surface area contributed by atoms with Gasteiger partial charge in [-0.05, 0) is 48.4 Å². The highest BCUT2D eigenvalue weighted by atomic mass is 79.9. The Kier molecular flexibility index (Phi) is 4.25. The second-order valence-electron chi connectivity index (χ2n) is 4.07. The first-order valence-electron chi connectivity index (χ1n) is 5.50. The fraction of sp³-hybridized carbons (Fsp3) is 0.143. The van der Waals surface area contributed by atoms with Crippen molar-refractivity contribution in [3.8, 4) is 0 Å². The molecule has 0 radical (unpaired) electrons. The normalized spacial score (nSPS) is 10.4. The zero-order valence-corrected chi connectivity index (χ0v) is 12.1. The van der Waals surface area contributed by atoms with Gasteiger partial charge in [-0.15, -0.1) is 0 Å². The van der Waals surface area contributed by atoms with Gasteiger partial charge < -0.3 is 5.32 Å². The van der Waals surface area contributed by atoms with Crippen molar-refractivity contribution in [3.63, 3.8) is 0 Å². The molecule has 94 valence electrons. The van der Waals surface area contributed by atoms with Crippen LogP contribution in [-0.4, -0.2) is 0 Å². The van der Waals surface area contributed by atoms with Gasteiger partial charge in [0.25, 0.3) is 0 Å². The Labute approximate surface area is 119 Å². The van der Waals surface area contributed by atoms with Crippen LogP contribution in [0.2, 0.25) is 5.02 Å². The molecule has 0 aliphatic heterocycles. The number of rotatable bonds is 3. The molecule has 0 aromatic heterocycles. The summed E-state index contributed by atoms with van der Waals surface area (Å²) in [4.78, 5) is 0. The van der Waals surface area contributed by atoms with E-state index in [1.165, 1.54) is 12.1 Å². The van der Waals surface area contributed by atoms with Crippen molar-refractivity contribution in [1.82, 2.24) is 0 Å². The van der Waals surface area contributed by atoms with E-state index in [9.17, 15) is 4.39 Å². The average Bonchev–Trinajstić information content (AvgIpc) is 2.32. The van der Waals surface area contributed by atoms with Crippen LogP contribution < -0.4 is 5.32 Å². The van der Waals surface area contributed by atoms with E-state index in [0.29, 0.717) is 11.6 Å². The molecule has 2 aromatic rings. The van der Waals surface area contributed by atoms with Crippen molar-refractivity contribution in [2.24, 2.45) is 0 Å². The second kappa shape index (κ2) is 5.72. The minimum atomic E-state index is -0.245. The van der Waals surface area contributed by atoms with E-state index in [1.54, 1.807) is 6.07 Å². The van der Waals surface area contributed by atoms with Crippen molar-refractivity contribution in [1.29, 1.82) is 0 Å². The fourth-order valence-corrected chi connectivity index (χ4v) is 2.32. The predicted molar refractivity (Wildman–Crippen MR) is 77.6 cm³/mol. The number of anilines is 1. The van der Waals surface area contributed by atoms with Gasteiger partial charge in [-0.1, -0.05) is 33.6 Å². The summed E-state index contributed by atoms with van der Waals surface area (Å²) in [6.07, 6.45) is 0. The average molecular weight is 329 g/mol. The maximum absolute atomic E-state index is 13.1. The molecule has 0 bridgehead atoms. The van der Waals surface area contributed by atoms with Gasteiger partial charge in [0.1, 0.15) is 5.82 Å². The van der Waals surface area contributed by atoms with Gasteiger partial charge in [0.2, 0.25) is 0 Å². The van der Waals surface area contributed by atoms with E-state index in [-0.39, 0.29) is 5.82 Å². The lowest BCUT2D eigenvalue weighted by Gasteiger charge is -2.10. The van der Waals surface area contributed by atoms with E-state index in [4.69, 9.17) is 11.6 Å². The predicted octanol–water partition coefficient (Wildman–Crippen LogP) is 5.16. The molecule has 0 spiro atoms. The zero-order chi connectivity index (χ0) is 13.1. The molecule has 0 aliphatic carbocycles. The van der Waals surface area contributed by atoms with Crippen LogP contribution in [0.15, 0.2) is 40.9 Å². The molecule has 0 aliphatic rings. The van der Waals surface area contributed by atoms with Gasteiger partial charge in [-0.3, -0.25) is 0 Å². The summed E-state index contributed by atoms with van der Waals surface area (Å²) >= 11 is 9.51. The molecule has 0 saturated heterocycles. The molecule has 0 heterocycles. The molecule has 0 amide bonds. The van der Waals surface area contributed by atoms with Gasteiger partial charge in [-0.25, -0.2) is 4.39 Å². The maximum Gasteiger partial charge on any atom is 0.123 e. The molecule has 1 nitrogen and oxygen atoms in total. The van der Waals surface area contributed by atoms with Gasteiger partial charge in [0.15, 0.2) is 0 Å². The monoisotopic (exact) mass is 327 g/mol. The summed E-state index contributed by atoms with van der Waals surface area (Å²) < 4.78 is 14.0. The van der Waals surface area contributed by atoms with Crippen LogP contribution in [0.3, 0.4) is 0 Å². The molecular formula is C14H12BrClFN. The maximum atomic E-state index is 13.1. The molecule has 0 saturated carbocycles. The summed E-state index contributed by atoms with van der Waals surface area (Å²) in [5.74, 6) is -0.245. The fourth-order valence-electron chi connectivity index (χ4n) is 1.63. The summed E-state index contributed by atoms with van der Waals surface area (Å²) in [7, 11) is 0. The van der Waals surface area contributed by atoms with Crippen molar-refractivity contribution in [3.05, 3.63) is 62.8 Å². The third-order valence-corrected chi connectivity index (χ3v) is 3.69. The Bertz CT molecular complexity index is 572. The van der Waals surface area contributed by atoms with Crippen LogP contribution >= 0.6 is 27.5 Å². The van der Waals surface area contributed by atoms with E-state index < -0.39 is 0 Å². The lowest BCUT2D eigenvalue weighted by molar-refractivity contribution is 0.625. The Morgan fingerprint density at radius 3 is 2.72 bits per heavy atom. The lowest BCUT2D eigenvalue weighted by Crippen LogP contribution is -2.01. The van der Waals surface area contributed by atoms with Crippen LogP contribution in [0.1, 0.15) is 11.1 Å². The van der Waals surface area contributed by atoms with Crippen LogP contribution in [0, 0.1) is 12.7 Å². The van der Waals surface area contributed by atoms with Crippen LogP contribution in [-0.2, 0) is 6.54 Å². The number of benzene rings is 2. The zero-order valence-electron chi connectivity index (χ0n) is 9.81. The van der Waals surface area contributed by atoms with Crippen LogP contribution in [0.4, 0.5) is 10.1 Å². The lowest BCUT2D eigenvalue weighted by atomic mass is 10.2. The number of halogens is 3. The molecule has 1 N–H and O–H groups in total.